The van der Waals surface area contributed by atoms with E-state index in [2.05, 4.69) is 11.9 Å². The molecule has 2 rings (SSSR count). The molecule has 0 amide bonds. The van der Waals surface area contributed by atoms with E-state index in [0.29, 0.717) is 30.3 Å². The number of hydrogen-bond donors (Lipinski definition) is 1. The Labute approximate surface area is 138 Å². The Hall–Kier alpha value is -1.34. The van der Waals surface area contributed by atoms with Gasteiger partial charge in [0.25, 0.3) is 0 Å². The molecule has 1 aromatic heterocycles. The number of aromatic amines is 1. The number of esters is 1. The summed E-state index contributed by atoms with van der Waals surface area (Å²) in [7, 11) is -3.60. The maximum atomic E-state index is 13.0. The summed E-state index contributed by atoms with van der Waals surface area (Å²) in [5, 5.41) is 0. The molecule has 130 valence electrons. The quantitative estimate of drug-likeness (QED) is 0.834. The number of hydrogen-bond acceptors (Lipinski definition) is 4. The van der Waals surface area contributed by atoms with Gasteiger partial charge in [-0.25, -0.2) is 13.2 Å². The first-order valence-corrected chi connectivity index (χ1v) is 9.63. The second kappa shape index (κ2) is 7.05. The van der Waals surface area contributed by atoms with Crippen LogP contribution in [0.25, 0.3) is 0 Å². The molecule has 23 heavy (non-hydrogen) atoms. The van der Waals surface area contributed by atoms with Gasteiger partial charge in [-0.15, -0.1) is 0 Å². The second-order valence-corrected chi connectivity index (χ2v) is 7.95. The first-order valence-electron chi connectivity index (χ1n) is 8.19. The highest BCUT2D eigenvalue weighted by atomic mass is 32.2. The first kappa shape index (κ1) is 18.0. The Bertz CT molecular complexity index is 678. The van der Waals surface area contributed by atoms with Crippen molar-refractivity contribution < 1.29 is 17.9 Å². The molecule has 1 aliphatic heterocycles. The van der Waals surface area contributed by atoms with E-state index in [9.17, 15) is 13.2 Å². The number of nitrogens with zero attached hydrogens (tertiary/aromatic N) is 1. The maximum Gasteiger partial charge on any atom is 0.355 e. The average molecular weight is 342 g/mol. The molecule has 0 aromatic carbocycles. The summed E-state index contributed by atoms with van der Waals surface area (Å²) in [5.74, 6) is -0.109. The van der Waals surface area contributed by atoms with Crippen LogP contribution in [0.3, 0.4) is 0 Å². The van der Waals surface area contributed by atoms with E-state index >= 15 is 0 Å². The molecular weight excluding hydrogens is 316 g/mol. The van der Waals surface area contributed by atoms with Crippen molar-refractivity contribution in [3.8, 4) is 0 Å². The van der Waals surface area contributed by atoms with Crippen LogP contribution < -0.4 is 0 Å². The number of aryl methyl sites for hydroxylation is 1. The molecule has 0 radical (unpaired) electrons. The average Bonchev–Trinajstić information content (AvgIpc) is 2.83. The summed E-state index contributed by atoms with van der Waals surface area (Å²) in [6.45, 7) is 8.50. The summed E-state index contributed by atoms with van der Waals surface area (Å²) < 4.78 is 32.6. The van der Waals surface area contributed by atoms with Crippen LogP contribution in [-0.4, -0.2) is 43.4 Å². The molecule has 0 aliphatic carbocycles. The van der Waals surface area contributed by atoms with Crippen LogP contribution in [0.4, 0.5) is 0 Å². The number of piperidine rings is 1. The van der Waals surface area contributed by atoms with Gasteiger partial charge in [0.2, 0.25) is 10.0 Å². The van der Waals surface area contributed by atoms with Gasteiger partial charge >= 0.3 is 5.97 Å². The molecule has 0 saturated carbocycles. The topological polar surface area (TPSA) is 79.5 Å². The predicted molar refractivity (Wildman–Crippen MR) is 88.0 cm³/mol. The predicted octanol–water partition coefficient (Wildman–Crippen LogP) is 2.62. The van der Waals surface area contributed by atoms with Gasteiger partial charge in [0.1, 0.15) is 10.6 Å². The monoisotopic (exact) mass is 342 g/mol. The van der Waals surface area contributed by atoms with Crippen molar-refractivity contribution in [2.45, 2.75) is 51.9 Å². The Morgan fingerprint density at radius 3 is 2.65 bits per heavy atom. The zero-order valence-corrected chi connectivity index (χ0v) is 15.1. The summed E-state index contributed by atoms with van der Waals surface area (Å²) in [6.07, 6.45) is 2.93. The SMILES string of the molecule is CCOC(=O)c1[nH]c(C)c(S(=O)(=O)N2CCCC(CC)C2)c1C. The molecule has 7 heteroatoms. The Kier molecular flexibility index (Phi) is 5.52. The molecule has 1 aromatic rings. The van der Waals surface area contributed by atoms with E-state index in [4.69, 9.17) is 4.74 Å². The van der Waals surface area contributed by atoms with Crippen LogP contribution in [0.2, 0.25) is 0 Å². The fraction of sp³-hybridized carbons (Fsp3) is 0.688. The molecule has 1 aliphatic rings. The third-order valence-electron chi connectivity index (χ3n) is 4.51. The maximum absolute atomic E-state index is 13.0. The lowest BCUT2D eigenvalue weighted by molar-refractivity contribution is 0.0519. The number of aromatic nitrogens is 1. The second-order valence-electron chi connectivity index (χ2n) is 6.08. The molecule has 2 heterocycles. The van der Waals surface area contributed by atoms with Crippen LogP contribution >= 0.6 is 0 Å². The van der Waals surface area contributed by atoms with Crippen LogP contribution in [-0.2, 0) is 14.8 Å². The van der Waals surface area contributed by atoms with Crippen LogP contribution in [0, 0.1) is 19.8 Å². The van der Waals surface area contributed by atoms with Gasteiger partial charge in [0.05, 0.1) is 6.61 Å². The minimum atomic E-state index is -3.60. The number of ether oxygens (including phenoxy) is 1. The van der Waals surface area contributed by atoms with Crippen molar-refractivity contribution in [2.24, 2.45) is 5.92 Å². The fourth-order valence-electron chi connectivity index (χ4n) is 3.23. The molecule has 0 bridgehead atoms. The Morgan fingerprint density at radius 1 is 1.35 bits per heavy atom. The minimum absolute atomic E-state index is 0.220. The highest BCUT2D eigenvalue weighted by Crippen LogP contribution is 2.30. The van der Waals surface area contributed by atoms with Crippen LogP contribution in [0.1, 0.15) is 54.9 Å². The van der Waals surface area contributed by atoms with E-state index in [0.717, 1.165) is 19.3 Å². The smallest absolute Gasteiger partial charge is 0.355 e. The summed E-state index contributed by atoms with van der Waals surface area (Å²) in [6, 6.07) is 0. The lowest BCUT2D eigenvalue weighted by Gasteiger charge is -2.31. The summed E-state index contributed by atoms with van der Waals surface area (Å²) in [5.41, 5.74) is 1.16. The van der Waals surface area contributed by atoms with Crippen molar-refractivity contribution >= 4 is 16.0 Å². The van der Waals surface area contributed by atoms with Gasteiger partial charge in [-0.2, -0.15) is 4.31 Å². The number of carbonyl (C=O) groups is 1. The summed E-state index contributed by atoms with van der Waals surface area (Å²) >= 11 is 0. The van der Waals surface area contributed by atoms with Crippen LogP contribution in [0.5, 0.6) is 0 Å². The van der Waals surface area contributed by atoms with E-state index in [1.54, 1.807) is 25.1 Å². The van der Waals surface area contributed by atoms with E-state index in [1.165, 1.54) is 0 Å². The molecule has 1 unspecified atom stereocenters. The summed E-state index contributed by atoms with van der Waals surface area (Å²) in [4.78, 5) is 15.1. The normalized spacial score (nSPS) is 19.7. The van der Waals surface area contributed by atoms with Crippen LogP contribution in [0.15, 0.2) is 4.90 Å². The molecule has 1 N–H and O–H groups in total. The van der Waals surface area contributed by atoms with E-state index < -0.39 is 16.0 Å². The first-order chi connectivity index (χ1) is 10.8. The highest BCUT2D eigenvalue weighted by molar-refractivity contribution is 7.89. The van der Waals surface area contributed by atoms with Gasteiger partial charge in [-0.3, -0.25) is 0 Å². The molecular formula is C16H26N2O4S. The number of H-pyrrole nitrogens is 1. The zero-order chi connectivity index (χ0) is 17.2. The molecule has 1 saturated heterocycles. The highest BCUT2D eigenvalue weighted by Gasteiger charge is 2.34. The number of sulfonamides is 1. The molecule has 1 atom stereocenters. The molecule has 0 spiro atoms. The largest absolute Gasteiger partial charge is 0.461 e. The number of nitrogens with one attached hydrogen (secondary N) is 1. The lowest BCUT2D eigenvalue weighted by Crippen LogP contribution is -2.40. The van der Waals surface area contributed by atoms with Gasteiger partial charge in [0, 0.05) is 24.3 Å². The third-order valence-corrected chi connectivity index (χ3v) is 6.64. The Morgan fingerprint density at radius 2 is 2.04 bits per heavy atom. The number of carbonyl (C=O) groups excluding carboxylic acids is 1. The zero-order valence-electron chi connectivity index (χ0n) is 14.3. The van der Waals surface area contributed by atoms with Crippen molar-refractivity contribution in [3.63, 3.8) is 0 Å². The van der Waals surface area contributed by atoms with E-state index in [-0.39, 0.29) is 17.2 Å². The van der Waals surface area contributed by atoms with E-state index in [1.807, 2.05) is 0 Å². The number of rotatable bonds is 5. The van der Waals surface area contributed by atoms with Crippen molar-refractivity contribution in [3.05, 3.63) is 17.0 Å². The Balaban J connectivity index is 2.38. The fourth-order valence-corrected chi connectivity index (χ4v) is 5.20. The van der Waals surface area contributed by atoms with Gasteiger partial charge < -0.3 is 9.72 Å². The lowest BCUT2D eigenvalue weighted by atomic mass is 9.97. The van der Waals surface area contributed by atoms with Crippen molar-refractivity contribution in [1.82, 2.24) is 9.29 Å². The van der Waals surface area contributed by atoms with Gasteiger partial charge in [0.15, 0.2) is 0 Å². The third kappa shape index (κ3) is 3.45. The van der Waals surface area contributed by atoms with Gasteiger partial charge in [-0.1, -0.05) is 13.3 Å². The van der Waals surface area contributed by atoms with Crippen molar-refractivity contribution in [2.75, 3.05) is 19.7 Å². The molecule has 6 nitrogen and oxygen atoms in total. The van der Waals surface area contributed by atoms with Gasteiger partial charge in [-0.05, 0) is 39.5 Å². The molecule has 1 fully saturated rings. The van der Waals surface area contributed by atoms with Crippen molar-refractivity contribution in [1.29, 1.82) is 0 Å². The standard InChI is InChI=1S/C16H26N2O4S/c1-5-13-8-7-9-18(10-13)23(20,21)15-11(3)14(17-12(15)4)16(19)22-6-2/h13,17H,5-10H2,1-4H3. The minimum Gasteiger partial charge on any atom is -0.461 e.